The molecule has 2 fully saturated rings. The number of fused-ring (bicyclic) bond motifs is 1. The van der Waals surface area contributed by atoms with Crippen molar-refractivity contribution in [2.75, 3.05) is 18.8 Å². The Balaban J connectivity index is 1.79. The average Bonchev–Trinajstić information content (AvgIpc) is 2.96. The van der Waals surface area contributed by atoms with Gasteiger partial charge in [-0.3, -0.25) is 13.9 Å². The van der Waals surface area contributed by atoms with Gasteiger partial charge in [-0.2, -0.15) is 4.37 Å². The van der Waals surface area contributed by atoms with Crippen LogP contribution < -0.4 is 22.3 Å². The largest absolute Gasteiger partial charge is 0.389 e. The van der Waals surface area contributed by atoms with Gasteiger partial charge < -0.3 is 11.1 Å². The Bertz CT molecular complexity index is 898. The lowest BCUT2D eigenvalue weighted by Gasteiger charge is -2.47. The van der Waals surface area contributed by atoms with Gasteiger partial charge in [0.15, 0.2) is 5.65 Å². The molecular weight excluding hydrogens is 338 g/mol. The molecule has 3 N–H and O–H groups in total. The number of nitrogens with zero attached hydrogens (tertiary/aromatic N) is 3. The van der Waals surface area contributed by atoms with E-state index in [0.717, 1.165) is 63.1 Å². The summed E-state index contributed by atoms with van der Waals surface area (Å²) in [4.78, 5) is 26.1. The SMILES string of the molecule is CCCCn1c(=O)n(C2CCC3(CC2)CNC3)c(=O)c2c(N)snc21. The van der Waals surface area contributed by atoms with Crippen molar-refractivity contribution in [2.45, 2.75) is 58.0 Å². The van der Waals surface area contributed by atoms with Crippen molar-refractivity contribution in [1.29, 1.82) is 0 Å². The fourth-order valence-electron chi connectivity index (χ4n) is 4.25. The van der Waals surface area contributed by atoms with Crippen LogP contribution in [0.5, 0.6) is 0 Å². The highest BCUT2D eigenvalue weighted by Gasteiger charge is 2.41. The van der Waals surface area contributed by atoms with E-state index in [9.17, 15) is 9.59 Å². The highest BCUT2D eigenvalue weighted by atomic mass is 32.1. The first-order chi connectivity index (χ1) is 12.1. The summed E-state index contributed by atoms with van der Waals surface area (Å²) in [5, 5.41) is 4.19. The van der Waals surface area contributed by atoms with Gasteiger partial charge in [0, 0.05) is 25.7 Å². The number of nitrogens with two attached hydrogens (primary N) is 1. The second-order valence-electron chi connectivity index (χ2n) is 7.54. The first-order valence-corrected chi connectivity index (χ1v) is 9.94. The van der Waals surface area contributed by atoms with Gasteiger partial charge >= 0.3 is 5.69 Å². The van der Waals surface area contributed by atoms with Crippen LogP contribution in [0.2, 0.25) is 0 Å². The van der Waals surface area contributed by atoms with Crippen LogP contribution in [0.25, 0.3) is 11.0 Å². The molecule has 0 unspecified atom stereocenters. The van der Waals surface area contributed by atoms with E-state index in [0.29, 0.717) is 28.0 Å². The molecule has 25 heavy (non-hydrogen) atoms. The van der Waals surface area contributed by atoms with Gasteiger partial charge in [-0.15, -0.1) is 0 Å². The third-order valence-electron chi connectivity index (χ3n) is 5.94. The van der Waals surface area contributed by atoms with Crippen molar-refractivity contribution in [3.05, 3.63) is 20.8 Å². The molecule has 0 atom stereocenters. The van der Waals surface area contributed by atoms with E-state index in [1.54, 1.807) is 4.57 Å². The Morgan fingerprint density at radius 1 is 1.32 bits per heavy atom. The fraction of sp³-hybridized carbons (Fsp3) is 0.706. The Morgan fingerprint density at radius 2 is 2.04 bits per heavy atom. The molecular formula is C17H25N5O2S. The van der Waals surface area contributed by atoms with Crippen LogP contribution in [0.3, 0.4) is 0 Å². The summed E-state index contributed by atoms with van der Waals surface area (Å²) in [6.07, 6.45) is 5.76. The zero-order valence-electron chi connectivity index (χ0n) is 14.6. The molecule has 0 radical (unpaired) electrons. The highest BCUT2D eigenvalue weighted by Crippen LogP contribution is 2.42. The molecule has 8 heteroatoms. The number of nitrogen functional groups attached to an aromatic ring is 1. The van der Waals surface area contributed by atoms with Gasteiger partial charge in [0.2, 0.25) is 0 Å². The maximum atomic E-state index is 13.1. The van der Waals surface area contributed by atoms with Crippen molar-refractivity contribution < 1.29 is 0 Å². The number of aryl methyl sites for hydroxylation is 1. The van der Waals surface area contributed by atoms with E-state index in [4.69, 9.17) is 5.73 Å². The number of aromatic nitrogens is 3. The molecule has 1 aliphatic heterocycles. The second-order valence-corrected chi connectivity index (χ2v) is 8.35. The minimum absolute atomic E-state index is 0.0252. The summed E-state index contributed by atoms with van der Waals surface area (Å²) >= 11 is 1.10. The summed E-state index contributed by atoms with van der Waals surface area (Å²) in [6.45, 7) is 4.79. The minimum Gasteiger partial charge on any atom is -0.389 e. The van der Waals surface area contributed by atoms with Gasteiger partial charge in [-0.1, -0.05) is 13.3 Å². The molecule has 1 saturated heterocycles. The van der Waals surface area contributed by atoms with Gasteiger partial charge in [0.05, 0.1) is 0 Å². The smallest absolute Gasteiger partial charge is 0.332 e. The molecule has 4 rings (SSSR count). The summed E-state index contributed by atoms with van der Waals surface area (Å²) in [6, 6.07) is -0.0252. The molecule has 1 saturated carbocycles. The lowest BCUT2D eigenvalue weighted by atomic mass is 9.68. The topological polar surface area (TPSA) is 94.9 Å². The Morgan fingerprint density at radius 3 is 2.64 bits per heavy atom. The highest BCUT2D eigenvalue weighted by molar-refractivity contribution is 7.11. The first kappa shape index (κ1) is 16.8. The summed E-state index contributed by atoms with van der Waals surface area (Å²) < 4.78 is 7.41. The standard InChI is InChI=1S/C17H25N5O2S/c1-2-3-8-21-14-12(13(18)25-20-14)15(23)22(16(21)24)11-4-6-17(7-5-11)9-19-10-17/h11,19H,2-10,18H2,1H3. The lowest BCUT2D eigenvalue weighted by molar-refractivity contribution is 0.0821. The van der Waals surface area contributed by atoms with E-state index >= 15 is 0 Å². The Hall–Kier alpha value is -1.67. The van der Waals surface area contributed by atoms with Crippen LogP contribution >= 0.6 is 11.5 Å². The van der Waals surface area contributed by atoms with Gasteiger partial charge in [0.1, 0.15) is 10.4 Å². The van der Waals surface area contributed by atoms with Crippen LogP contribution in [-0.2, 0) is 6.54 Å². The van der Waals surface area contributed by atoms with Crippen LogP contribution in [0, 0.1) is 5.41 Å². The third kappa shape index (κ3) is 2.62. The third-order valence-corrected chi connectivity index (χ3v) is 6.61. The zero-order valence-corrected chi connectivity index (χ0v) is 15.4. The average molecular weight is 363 g/mol. The number of hydrogen-bond acceptors (Lipinski definition) is 6. The number of rotatable bonds is 4. The van der Waals surface area contributed by atoms with Crippen molar-refractivity contribution in [1.82, 2.24) is 18.8 Å². The monoisotopic (exact) mass is 363 g/mol. The van der Waals surface area contributed by atoms with Crippen LogP contribution in [0.15, 0.2) is 9.59 Å². The number of hydrogen-bond donors (Lipinski definition) is 2. The molecule has 1 spiro atoms. The normalized spacial score (nSPS) is 20.2. The number of anilines is 1. The van der Waals surface area contributed by atoms with Crippen LogP contribution in [0.4, 0.5) is 5.00 Å². The molecule has 2 aromatic rings. The zero-order chi connectivity index (χ0) is 17.6. The molecule has 0 bridgehead atoms. The van der Waals surface area contributed by atoms with Crippen LogP contribution in [0.1, 0.15) is 51.5 Å². The molecule has 0 amide bonds. The van der Waals surface area contributed by atoms with E-state index < -0.39 is 0 Å². The van der Waals surface area contributed by atoms with Gasteiger partial charge in [0.25, 0.3) is 5.56 Å². The minimum atomic E-state index is -0.258. The molecule has 0 aromatic carbocycles. The predicted octanol–water partition coefficient (Wildman–Crippen LogP) is 1.71. The van der Waals surface area contributed by atoms with E-state index in [2.05, 4.69) is 16.6 Å². The maximum Gasteiger partial charge on any atom is 0.332 e. The predicted molar refractivity (Wildman–Crippen MR) is 100 cm³/mol. The van der Waals surface area contributed by atoms with E-state index in [1.165, 1.54) is 4.57 Å². The fourth-order valence-corrected chi connectivity index (χ4v) is 4.90. The number of unbranched alkanes of at least 4 members (excludes halogenated alkanes) is 1. The molecule has 3 heterocycles. The second kappa shape index (κ2) is 6.25. The molecule has 2 aliphatic rings. The van der Waals surface area contributed by atoms with Crippen molar-refractivity contribution >= 4 is 27.6 Å². The lowest BCUT2D eigenvalue weighted by Crippen LogP contribution is -2.55. The molecule has 7 nitrogen and oxygen atoms in total. The Kier molecular flexibility index (Phi) is 4.19. The van der Waals surface area contributed by atoms with E-state index in [1.807, 2.05) is 0 Å². The summed E-state index contributed by atoms with van der Waals surface area (Å²) in [7, 11) is 0. The molecule has 2 aromatic heterocycles. The van der Waals surface area contributed by atoms with Crippen molar-refractivity contribution in [3.8, 4) is 0 Å². The van der Waals surface area contributed by atoms with Crippen molar-refractivity contribution in [2.24, 2.45) is 5.41 Å². The Labute approximate surface area is 150 Å². The summed E-state index contributed by atoms with van der Waals surface area (Å²) in [5.74, 6) is 0. The van der Waals surface area contributed by atoms with Crippen LogP contribution in [-0.4, -0.2) is 26.6 Å². The van der Waals surface area contributed by atoms with E-state index in [-0.39, 0.29) is 17.3 Å². The van der Waals surface area contributed by atoms with Gasteiger partial charge in [-0.05, 0) is 49.1 Å². The van der Waals surface area contributed by atoms with Gasteiger partial charge in [-0.25, -0.2) is 4.79 Å². The number of nitrogens with one attached hydrogen (secondary N) is 1. The molecule has 136 valence electrons. The first-order valence-electron chi connectivity index (χ1n) is 9.17. The molecule has 1 aliphatic carbocycles. The summed E-state index contributed by atoms with van der Waals surface area (Å²) in [5.41, 5.74) is 6.39. The maximum absolute atomic E-state index is 13.1. The van der Waals surface area contributed by atoms with Crippen molar-refractivity contribution in [3.63, 3.8) is 0 Å². The quantitative estimate of drug-likeness (QED) is 0.862.